The summed E-state index contributed by atoms with van der Waals surface area (Å²) in [4.78, 5) is 9.12. The van der Waals surface area contributed by atoms with Crippen molar-refractivity contribution in [2.24, 2.45) is 4.99 Å². The van der Waals surface area contributed by atoms with Crippen LogP contribution in [0, 0.1) is 11.6 Å². The zero-order valence-corrected chi connectivity index (χ0v) is 20.0. The minimum atomic E-state index is -0.548. The predicted octanol–water partition coefficient (Wildman–Crippen LogP) is 3.29. The van der Waals surface area contributed by atoms with Gasteiger partial charge in [0.05, 0.1) is 18.8 Å². The van der Waals surface area contributed by atoms with Gasteiger partial charge in [0, 0.05) is 45.8 Å². The summed E-state index contributed by atoms with van der Waals surface area (Å²) in [5.41, 5.74) is 1.93. The zero-order valence-electron chi connectivity index (χ0n) is 17.6. The molecule has 2 fully saturated rings. The van der Waals surface area contributed by atoms with Crippen LogP contribution in [0.15, 0.2) is 53.5 Å². The van der Waals surface area contributed by atoms with Crippen LogP contribution in [0.4, 0.5) is 8.78 Å². The van der Waals surface area contributed by atoms with Gasteiger partial charge >= 0.3 is 0 Å². The molecule has 2 unspecified atom stereocenters. The average molecular weight is 542 g/mol. The molecule has 0 amide bonds. The zero-order chi connectivity index (χ0) is 20.9. The molecule has 8 heteroatoms. The maximum absolute atomic E-state index is 13.4. The molecule has 0 radical (unpaired) electrons. The van der Waals surface area contributed by atoms with Crippen LogP contribution in [0.2, 0.25) is 0 Å². The summed E-state index contributed by atoms with van der Waals surface area (Å²) in [6.07, 6.45) is 0.670. The van der Waals surface area contributed by atoms with Crippen LogP contribution in [-0.4, -0.2) is 67.7 Å². The van der Waals surface area contributed by atoms with E-state index in [1.165, 1.54) is 17.7 Å². The number of hydrogen-bond acceptors (Lipinski definition) is 3. The number of likely N-dealkylation sites (tertiary alicyclic amines) is 1. The lowest BCUT2D eigenvalue weighted by atomic mass is 10.1. The van der Waals surface area contributed by atoms with Crippen LogP contribution in [0.5, 0.6) is 0 Å². The standard InChI is InChI=1S/C23H28F2N4O.HI/c1-26-23(27-8-7-18-11-19(24)13-20(25)12-18)29-15-21-22(16-29)30-10-9-28(21)14-17-5-3-2-4-6-17;/h2-6,11-13,21-22H,7-10,14-16H2,1H3,(H,26,27);1H. The SMILES string of the molecule is CN=C(NCCc1cc(F)cc(F)c1)N1CC2OCCN(Cc3ccccc3)C2C1.I. The Morgan fingerprint density at radius 3 is 2.55 bits per heavy atom. The third kappa shape index (κ3) is 6.14. The molecule has 31 heavy (non-hydrogen) atoms. The first-order valence-electron chi connectivity index (χ1n) is 10.4. The number of nitrogens with zero attached hydrogens (tertiary/aromatic N) is 3. The number of nitrogens with one attached hydrogen (secondary N) is 1. The normalized spacial score (nSPS) is 21.5. The Bertz CT molecular complexity index is 863. The molecule has 2 aliphatic rings. The van der Waals surface area contributed by atoms with Crippen LogP contribution in [-0.2, 0) is 17.7 Å². The van der Waals surface area contributed by atoms with Crippen molar-refractivity contribution in [3.63, 3.8) is 0 Å². The number of fused-ring (bicyclic) bond motifs is 1. The molecule has 5 nitrogen and oxygen atoms in total. The summed E-state index contributed by atoms with van der Waals surface area (Å²) in [5.74, 6) is -0.299. The largest absolute Gasteiger partial charge is 0.373 e. The van der Waals surface area contributed by atoms with E-state index in [1.807, 2.05) is 6.07 Å². The Morgan fingerprint density at radius 1 is 1.10 bits per heavy atom. The number of hydrogen-bond donors (Lipinski definition) is 1. The summed E-state index contributed by atoms with van der Waals surface area (Å²) >= 11 is 0. The maximum Gasteiger partial charge on any atom is 0.193 e. The van der Waals surface area contributed by atoms with Crippen molar-refractivity contribution in [3.8, 4) is 0 Å². The molecule has 2 heterocycles. The fourth-order valence-electron chi connectivity index (χ4n) is 4.35. The molecule has 168 valence electrons. The van der Waals surface area contributed by atoms with E-state index in [2.05, 4.69) is 44.4 Å². The molecule has 2 aromatic carbocycles. The van der Waals surface area contributed by atoms with Crippen molar-refractivity contribution in [3.05, 3.63) is 71.3 Å². The lowest BCUT2D eigenvalue weighted by Gasteiger charge is -2.36. The Morgan fingerprint density at radius 2 is 1.84 bits per heavy atom. The van der Waals surface area contributed by atoms with Gasteiger partial charge in [-0.1, -0.05) is 30.3 Å². The number of benzene rings is 2. The van der Waals surface area contributed by atoms with E-state index in [-0.39, 0.29) is 30.1 Å². The van der Waals surface area contributed by atoms with Gasteiger partial charge in [-0.05, 0) is 29.7 Å². The number of guanidine groups is 1. The minimum absolute atomic E-state index is 0. The van der Waals surface area contributed by atoms with E-state index in [0.29, 0.717) is 24.6 Å². The van der Waals surface area contributed by atoms with E-state index in [0.717, 1.165) is 44.8 Å². The van der Waals surface area contributed by atoms with Gasteiger partial charge in [-0.3, -0.25) is 9.89 Å². The van der Waals surface area contributed by atoms with Gasteiger partial charge in [0.15, 0.2) is 5.96 Å². The highest BCUT2D eigenvalue weighted by Crippen LogP contribution is 2.24. The second kappa shape index (κ2) is 11.2. The van der Waals surface area contributed by atoms with Crippen molar-refractivity contribution < 1.29 is 13.5 Å². The van der Waals surface area contributed by atoms with Gasteiger partial charge < -0.3 is 15.0 Å². The van der Waals surface area contributed by atoms with Crippen molar-refractivity contribution in [1.29, 1.82) is 0 Å². The highest BCUT2D eigenvalue weighted by Gasteiger charge is 2.41. The molecule has 2 aromatic rings. The Labute approximate surface area is 199 Å². The fraction of sp³-hybridized carbons (Fsp3) is 0.435. The highest BCUT2D eigenvalue weighted by molar-refractivity contribution is 14.0. The first-order valence-corrected chi connectivity index (χ1v) is 10.4. The fourth-order valence-corrected chi connectivity index (χ4v) is 4.35. The molecule has 2 saturated heterocycles. The lowest BCUT2D eigenvalue weighted by molar-refractivity contribution is -0.0502. The van der Waals surface area contributed by atoms with E-state index in [1.54, 1.807) is 7.05 Å². The van der Waals surface area contributed by atoms with E-state index >= 15 is 0 Å². The summed E-state index contributed by atoms with van der Waals surface area (Å²) in [7, 11) is 1.76. The van der Waals surface area contributed by atoms with Crippen molar-refractivity contribution >= 4 is 29.9 Å². The number of halogens is 3. The molecular weight excluding hydrogens is 513 g/mol. The maximum atomic E-state index is 13.4. The summed E-state index contributed by atoms with van der Waals surface area (Å²) < 4.78 is 32.8. The topological polar surface area (TPSA) is 40.1 Å². The van der Waals surface area contributed by atoms with E-state index in [4.69, 9.17) is 4.74 Å². The first kappa shape index (κ1) is 23.9. The number of morpholine rings is 1. The third-order valence-corrected chi connectivity index (χ3v) is 5.78. The first-order chi connectivity index (χ1) is 14.6. The molecule has 0 spiro atoms. The van der Waals surface area contributed by atoms with Gasteiger partial charge in [0.1, 0.15) is 11.6 Å². The number of aliphatic imine (C=N–C) groups is 1. The lowest BCUT2D eigenvalue weighted by Crippen LogP contribution is -2.50. The van der Waals surface area contributed by atoms with Crippen LogP contribution in [0.25, 0.3) is 0 Å². The molecule has 0 aliphatic carbocycles. The summed E-state index contributed by atoms with van der Waals surface area (Å²) in [6.45, 7) is 4.74. The highest BCUT2D eigenvalue weighted by atomic mass is 127. The Hall–Kier alpha value is -1.78. The van der Waals surface area contributed by atoms with Gasteiger partial charge in [-0.2, -0.15) is 0 Å². The van der Waals surface area contributed by atoms with Crippen LogP contribution in [0.1, 0.15) is 11.1 Å². The van der Waals surface area contributed by atoms with Crippen LogP contribution >= 0.6 is 24.0 Å². The number of ether oxygens (including phenoxy) is 1. The second-order valence-electron chi connectivity index (χ2n) is 7.84. The van der Waals surface area contributed by atoms with Gasteiger partial charge in [-0.25, -0.2) is 8.78 Å². The van der Waals surface area contributed by atoms with Crippen molar-refractivity contribution in [1.82, 2.24) is 15.1 Å². The molecule has 0 aromatic heterocycles. The molecule has 0 bridgehead atoms. The van der Waals surface area contributed by atoms with Crippen molar-refractivity contribution in [2.45, 2.75) is 25.1 Å². The molecule has 4 rings (SSSR count). The van der Waals surface area contributed by atoms with Crippen LogP contribution < -0.4 is 5.32 Å². The third-order valence-electron chi connectivity index (χ3n) is 5.78. The molecular formula is C23H29F2IN4O. The van der Waals surface area contributed by atoms with Crippen molar-refractivity contribution in [2.75, 3.05) is 39.8 Å². The molecule has 2 atom stereocenters. The monoisotopic (exact) mass is 542 g/mol. The molecule has 2 aliphatic heterocycles. The van der Waals surface area contributed by atoms with E-state index in [9.17, 15) is 8.78 Å². The van der Waals surface area contributed by atoms with Crippen LogP contribution in [0.3, 0.4) is 0 Å². The van der Waals surface area contributed by atoms with Gasteiger partial charge in [0.25, 0.3) is 0 Å². The van der Waals surface area contributed by atoms with Gasteiger partial charge in [-0.15, -0.1) is 24.0 Å². The predicted molar refractivity (Wildman–Crippen MR) is 129 cm³/mol. The Kier molecular flexibility index (Phi) is 8.62. The smallest absolute Gasteiger partial charge is 0.193 e. The second-order valence-corrected chi connectivity index (χ2v) is 7.84. The van der Waals surface area contributed by atoms with E-state index < -0.39 is 11.6 Å². The quantitative estimate of drug-likeness (QED) is 0.358. The number of rotatable bonds is 5. The minimum Gasteiger partial charge on any atom is -0.373 e. The molecule has 0 saturated carbocycles. The summed E-state index contributed by atoms with van der Waals surface area (Å²) in [6, 6.07) is 14.4. The Balaban J connectivity index is 0.00000272. The van der Waals surface area contributed by atoms with Gasteiger partial charge in [0.2, 0.25) is 0 Å². The average Bonchev–Trinajstić information content (AvgIpc) is 3.16. The summed E-state index contributed by atoms with van der Waals surface area (Å²) in [5, 5.41) is 3.33. The molecule has 1 N–H and O–H groups in total.